The Bertz CT molecular complexity index is 690. The highest BCUT2D eigenvalue weighted by atomic mass is 32.2. The van der Waals surface area contributed by atoms with Crippen molar-refractivity contribution in [2.45, 2.75) is 17.7 Å². The molecule has 126 valence electrons. The van der Waals surface area contributed by atoms with Crippen molar-refractivity contribution < 1.29 is 18.0 Å². The zero-order valence-corrected chi connectivity index (χ0v) is 14.0. The van der Waals surface area contributed by atoms with Crippen LogP contribution in [0, 0.1) is 5.92 Å². The maximum absolute atomic E-state index is 12.6. The molecule has 0 unspecified atom stereocenters. The molecule has 1 aliphatic rings. The first-order chi connectivity index (χ1) is 10.7. The van der Waals surface area contributed by atoms with Gasteiger partial charge in [-0.15, -0.1) is 0 Å². The van der Waals surface area contributed by atoms with Gasteiger partial charge in [0.05, 0.1) is 4.90 Å². The first-order valence-electron chi connectivity index (χ1n) is 7.34. The van der Waals surface area contributed by atoms with Gasteiger partial charge in [0.25, 0.3) is 5.91 Å². The van der Waals surface area contributed by atoms with E-state index in [1.807, 2.05) is 0 Å². The quantitative estimate of drug-likeness (QED) is 0.851. The second-order valence-corrected chi connectivity index (χ2v) is 7.74. The van der Waals surface area contributed by atoms with E-state index < -0.39 is 10.0 Å². The number of rotatable bonds is 4. The fourth-order valence-electron chi connectivity index (χ4n) is 2.56. The lowest BCUT2D eigenvalue weighted by Gasteiger charge is -2.29. The maximum Gasteiger partial charge on any atom is 0.253 e. The molecule has 1 saturated heterocycles. The van der Waals surface area contributed by atoms with Crippen molar-refractivity contribution in [2.24, 2.45) is 11.7 Å². The molecular weight excluding hydrogens is 318 g/mol. The first kappa shape index (κ1) is 17.4. The third kappa shape index (κ3) is 3.70. The van der Waals surface area contributed by atoms with Gasteiger partial charge in [-0.05, 0) is 37.1 Å². The van der Waals surface area contributed by atoms with Crippen molar-refractivity contribution in [3.05, 3.63) is 29.8 Å². The van der Waals surface area contributed by atoms with Gasteiger partial charge in [0.2, 0.25) is 15.9 Å². The lowest BCUT2D eigenvalue weighted by Crippen LogP contribution is -2.41. The number of amides is 2. The fraction of sp³-hybridized carbons (Fsp3) is 0.467. The fourth-order valence-corrected chi connectivity index (χ4v) is 4.03. The number of piperidine rings is 1. The summed E-state index contributed by atoms with van der Waals surface area (Å²) in [7, 11) is -0.348. The van der Waals surface area contributed by atoms with Crippen LogP contribution in [0.2, 0.25) is 0 Å². The zero-order valence-electron chi connectivity index (χ0n) is 13.2. The standard InChI is InChI=1S/C15H21N3O4S/c1-17(2)15(20)12-3-5-13(6-4-12)23(21,22)18-9-7-11(8-10-18)14(16)19/h3-6,11H,7-10H2,1-2H3,(H2,16,19). The van der Waals surface area contributed by atoms with Gasteiger partial charge >= 0.3 is 0 Å². The van der Waals surface area contributed by atoms with Crippen molar-refractivity contribution >= 4 is 21.8 Å². The highest BCUT2D eigenvalue weighted by Crippen LogP contribution is 2.24. The summed E-state index contributed by atoms with van der Waals surface area (Å²) in [5.74, 6) is -0.827. The molecule has 2 N–H and O–H groups in total. The molecule has 7 nitrogen and oxygen atoms in total. The van der Waals surface area contributed by atoms with E-state index in [-0.39, 0.29) is 35.7 Å². The maximum atomic E-state index is 12.6. The molecule has 0 atom stereocenters. The van der Waals surface area contributed by atoms with Crippen LogP contribution in [0.3, 0.4) is 0 Å². The highest BCUT2D eigenvalue weighted by Gasteiger charge is 2.31. The molecule has 8 heteroatoms. The van der Waals surface area contributed by atoms with Crippen LogP contribution >= 0.6 is 0 Å². The first-order valence-corrected chi connectivity index (χ1v) is 8.78. The van der Waals surface area contributed by atoms with Gasteiger partial charge in [0.1, 0.15) is 0 Å². The smallest absolute Gasteiger partial charge is 0.253 e. The summed E-state index contributed by atoms with van der Waals surface area (Å²) in [5.41, 5.74) is 5.69. The van der Waals surface area contributed by atoms with E-state index in [4.69, 9.17) is 5.73 Å². The molecule has 0 aliphatic carbocycles. The van der Waals surface area contributed by atoms with Gasteiger partial charge in [0.15, 0.2) is 0 Å². The Labute approximate surface area is 136 Å². The summed E-state index contributed by atoms with van der Waals surface area (Å²) < 4.78 is 26.5. The zero-order chi connectivity index (χ0) is 17.2. The van der Waals surface area contributed by atoms with Crippen molar-refractivity contribution in [3.63, 3.8) is 0 Å². The Morgan fingerprint density at radius 2 is 1.65 bits per heavy atom. The summed E-state index contributed by atoms with van der Waals surface area (Å²) in [6, 6.07) is 5.88. The van der Waals surface area contributed by atoms with Crippen LogP contribution in [0.4, 0.5) is 0 Å². The van der Waals surface area contributed by atoms with Gasteiger partial charge in [-0.1, -0.05) is 0 Å². The van der Waals surface area contributed by atoms with Crippen LogP contribution in [0.15, 0.2) is 29.2 Å². The molecule has 0 aromatic heterocycles. The summed E-state index contributed by atoms with van der Waals surface area (Å²) in [6.45, 7) is 0.544. The minimum atomic E-state index is -3.62. The van der Waals surface area contributed by atoms with Crippen molar-refractivity contribution in [3.8, 4) is 0 Å². The van der Waals surface area contributed by atoms with E-state index in [9.17, 15) is 18.0 Å². The average Bonchev–Trinajstić information content (AvgIpc) is 2.54. The number of nitrogens with zero attached hydrogens (tertiary/aromatic N) is 2. The number of carbonyl (C=O) groups is 2. The van der Waals surface area contributed by atoms with Crippen LogP contribution in [-0.4, -0.2) is 56.6 Å². The van der Waals surface area contributed by atoms with Gasteiger partial charge in [-0.2, -0.15) is 4.31 Å². The molecule has 0 saturated carbocycles. The van der Waals surface area contributed by atoms with Crippen molar-refractivity contribution in [1.29, 1.82) is 0 Å². The third-order valence-corrected chi connectivity index (χ3v) is 5.91. The van der Waals surface area contributed by atoms with E-state index in [2.05, 4.69) is 0 Å². The molecule has 1 aromatic rings. The minimum absolute atomic E-state index is 0.144. The SMILES string of the molecule is CN(C)C(=O)c1ccc(S(=O)(=O)N2CCC(C(N)=O)CC2)cc1. The second kappa shape index (κ2) is 6.67. The highest BCUT2D eigenvalue weighted by molar-refractivity contribution is 7.89. The van der Waals surface area contributed by atoms with E-state index in [1.165, 1.54) is 33.5 Å². The molecule has 0 spiro atoms. The molecule has 1 fully saturated rings. The van der Waals surface area contributed by atoms with E-state index in [1.54, 1.807) is 14.1 Å². The van der Waals surface area contributed by atoms with Crippen LogP contribution < -0.4 is 5.73 Å². The second-order valence-electron chi connectivity index (χ2n) is 5.80. The summed E-state index contributed by atoms with van der Waals surface area (Å²) in [6.07, 6.45) is 0.873. The van der Waals surface area contributed by atoms with Gasteiger partial charge in [-0.25, -0.2) is 8.42 Å². The molecule has 0 radical (unpaired) electrons. The monoisotopic (exact) mass is 339 g/mol. The van der Waals surface area contributed by atoms with Crippen LogP contribution in [0.5, 0.6) is 0 Å². The van der Waals surface area contributed by atoms with E-state index >= 15 is 0 Å². The number of primary amides is 1. The Kier molecular flexibility index (Phi) is 5.06. The van der Waals surface area contributed by atoms with E-state index in [0.717, 1.165) is 0 Å². The molecule has 2 amide bonds. The predicted octanol–water partition coefficient (Wildman–Crippen LogP) is 0.274. The number of benzene rings is 1. The normalized spacial score (nSPS) is 17.0. The topological polar surface area (TPSA) is 101 Å². The molecule has 2 rings (SSSR count). The third-order valence-electron chi connectivity index (χ3n) is 4.00. The molecule has 23 heavy (non-hydrogen) atoms. The van der Waals surface area contributed by atoms with Crippen LogP contribution in [0.1, 0.15) is 23.2 Å². The number of hydrogen-bond acceptors (Lipinski definition) is 4. The Balaban J connectivity index is 2.14. The van der Waals surface area contributed by atoms with Crippen molar-refractivity contribution in [1.82, 2.24) is 9.21 Å². The molecule has 1 aromatic carbocycles. The number of sulfonamides is 1. The largest absolute Gasteiger partial charge is 0.369 e. The molecule has 1 aliphatic heterocycles. The minimum Gasteiger partial charge on any atom is -0.369 e. The summed E-state index contributed by atoms with van der Waals surface area (Å²) in [5, 5.41) is 0. The van der Waals surface area contributed by atoms with Gasteiger partial charge < -0.3 is 10.6 Å². The Morgan fingerprint density at radius 3 is 2.09 bits per heavy atom. The van der Waals surface area contributed by atoms with Gasteiger partial charge in [-0.3, -0.25) is 9.59 Å². The van der Waals surface area contributed by atoms with Crippen molar-refractivity contribution in [2.75, 3.05) is 27.2 Å². The Morgan fingerprint density at radius 1 is 1.13 bits per heavy atom. The average molecular weight is 339 g/mol. The number of carbonyl (C=O) groups excluding carboxylic acids is 2. The Hall–Kier alpha value is -1.93. The summed E-state index contributed by atoms with van der Waals surface area (Å²) >= 11 is 0. The summed E-state index contributed by atoms with van der Waals surface area (Å²) in [4.78, 5) is 24.6. The number of hydrogen-bond donors (Lipinski definition) is 1. The lowest BCUT2D eigenvalue weighted by molar-refractivity contribution is -0.122. The number of nitrogens with two attached hydrogens (primary N) is 1. The lowest BCUT2D eigenvalue weighted by atomic mass is 9.98. The van der Waals surface area contributed by atoms with E-state index in [0.29, 0.717) is 18.4 Å². The van der Waals surface area contributed by atoms with Gasteiger partial charge in [0, 0.05) is 38.7 Å². The molecule has 1 heterocycles. The predicted molar refractivity (Wildman–Crippen MR) is 85.1 cm³/mol. The molecular formula is C15H21N3O4S. The van der Waals surface area contributed by atoms with Crippen LogP contribution in [0.25, 0.3) is 0 Å². The van der Waals surface area contributed by atoms with Crippen LogP contribution in [-0.2, 0) is 14.8 Å². The molecule has 0 bridgehead atoms.